The molecular formula is C20H26N2O4. The Morgan fingerprint density at radius 3 is 2.85 bits per heavy atom. The van der Waals surface area contributed by atoms with Gasteiger partial charge in [-0.3, -0.25) is 14.9 Å². The van der Waals surface area contributed by atoms with Gasteiger partial charge >= 0.3 is 11.9 Å². The van der Waals surface area contributed by atoms with Crippen LogP contribution in [0, 0.1) is 5.92 Å². The number of nitrogens with one attached hydrogen (secondary N) is 2. The van der Waals surface area contributed by atoms with Crippen molar-refractivity contribution in [3.8, 4) is 0 Å². The van der Waals surface area contributed by atoms with Crippen LogP contribution in [0.1, 0.15) is 38.2 Å². The molecule has 6 nitrogen and oxygen atoms in total. The monoisotopic (exact) mass is 358 g/mol. The highest BCUT2D eigenvalue weighted by atomic mass is 16.5. The van der Waals surface area contributed by atoms with Gasteiger partial charge in [0.15, 0.2) is 0 Å². The van der Waals surface area contributed by atoms with Crippen molar-refractivity contribution >= 4 is 22.8 Å². The number of hydrogen-bond donors (Lipinski definition) is 3. The maximum atomic E-state index is 12.1. The first-order chi connectivity index (χ1) is 12.5. The Balaban J connectivity index is 1.57. The van der Waals surface area contributed by atoms with Crippen molar-refractivity contribution < 1.29 is 19.4 Å². The maximum Gasteiger partial charge on any atom is 0.321 e. The maximum absolute atomic E-state index is 12.1. The number of benzene rings is 1. The van der Waals surface area contributed by atoms with Gasteiger partial charge in [0, 0.05) is 23.5 Å². The second-order valence-electron chi connectivity index (χ2n) is 7.13. The highest BCUT2D eigenvalue weighted by Gasteiger charge is 2.26. The molecule has 1 aromatic heterocycles. The first kappa shape index (κ1) is 18.5. The van der Waals surface area contributed by atoms with Crippen molar-refractivity contribution in [3.05, 3.63) is 36.0 Å². The second kappa shape index (κ2) is 8.36. The van der Waals surface area contributed by atoms with Gasteiger partial charge in [-0.2, -0.15) is 0 Å². The predicted octanol–water partition coefficient (Wildman–Crippen LogP) is 2.88. The van der Waals surface area contributed by atoms with E-state index in [0.717, 1.165) is 35.7 Å². The number of hydrogen-bond acceptors (Lipinski definition) is 4. The van der Waals surface area contributed by atoms with Crippen LogP contribution in [-0.2, 0) is 20.7 Å². The van der Waals surface area contributed by atoms with E-state index in [1.54, 1.807) is 0 Å². The molecule has 3 atom stereocenters. The van der Waals surface area contributed by atoms with Crippen LogP contribution >= 0.6 is 0 Å². The molecule has 0 saturated heterocycles. The average Bonchev–Trinajstić information content (AvgIpc) is 3.03. The molecule has 0 aliphatic heterocycles. The van der Waals surface area contributed by atoms with Crippen molar-refractivity contribution in [1.82, 2.24) is 10.3 Å². The number of fused-ring (bicyclic) bond motifs is 1. The zero-order valence-corrected chi connectivity index (χ0v) is 15.0. The number of aliphatic carboxylic acids is 1. The number of carboxylic acids is 1. The van der Waals surface area contributed by atoms with Gasteiger partial charge in [-0.25, -0.2) is 0 Å². The van der Waals surface area contributed by atoms with Gasteiger partial charge in [0.1, 0.15) is 12.1 Å². The SMILES string of the molecule is CC1CCCCC1OC(=O)CN[C@H](Cc1c[nH]c2ccccc12)C(=O)O. The van der Waals surface area contributed by atoms with Crippen LogP contribution in [0.3, 0.4) is 0 Å². The molecule has 0 bridgehead atoms. The highest BCUT2D eigenvalue weighted by molar-refractivity contribution is 5.84. The normalized spacial score (nSPS) is 21.4. The minimum absolute atomic E-state index is 0.0463. The molecule has 140 valence electrons. The molecule has 2 aromatic rings. The molecule has 3 rings (SSSR count). The summed E-state index contributed by atoms with van der Waals surface area (Å²) in [4.78, 5) is 26.9. The van der Waals surface area contributed by atoms with Crippen molar-refractivity contribution in [2.24, 2.45) is 5.92 Å². The van der Waals surface area contributed by atoms with Crippen LogP contribution in [0.5, 0.6) is 0 Å². The summed E-state index contributed by atoms with van der Waals surface area (Å²) in [5.41, 5.74) is 1.88. The number of aromatic amines is 1. The molecule has 0 radical (unpaired) electrons. The molecule has 1 heterocycles. The summed E-state index contributed by atoms with van der Waals surface area (Å²) < 4.78 is 5.54. The summed E-state index contributed by atoms with van der Waals surface area (Å²) in [6, 6.07) is 6.91. The summed E-state index contributed by atoms with van der Waals surface area (Å²) in [5.74, 6) is -0.989. The van der Waals surface area contributed by atoms with Crippen LogP contribution < -0.4 is 5.32 Å². The average molecular weight is 358 g/mol. The quantitative estimate of drug-likeness (QED) is 0.662. The van der Waals surface area contributed by atoms with E-state index in [9.17, 15) is 14.7 Å². The number of rotatable bonds is 7. The van der Waals surface area contributed by atoms with E-state index >= 15 is 0 Å². The highest BCUT2D eigenvalue weighted by Crippen LogP contribution is 2.26. The van der Waals surface area contributed by atoms with Gasteiger partial charge in [-0.05, 0) is 36.8 Å². The first-order valence-corrected chi connectivity index (χ1v) is 9.25. The summed E-state index contributed by atoms with van der Waals surface area (Å²) in [6.45, 7) is 2.00. The van der Waals surface area contributed by atoms with E-state index in [0.29, 0.717) is 12.3 Å². The van der Waals surface area contributed by atoms with Crippen LogP contribution in [0.4, 0.5) is 0 Å². The molecule has 1 aromatic carbocycles. The topological polar surface area (TPSA) is 91.4 Å². The molecular weight excluding hydrogens is 332 g/mol. The number of aromatic nitrogens is 1. The van der Waals surface area contributed by atoms with E-state index < -0.39 is 12.0 Å². The molecule has 1 fully saturated rings. The second-order valence-corrected chi connectivity index (χ2v) is 7.13. The minimum atomic E-state index is -0.978. The van der Waals surface area contributed by atoms with E-state index in [1.807, 2.05) is 30.5 Å². The standard InChI is InChI=1S/C20H26N2O4/c1-13-6-2-5-9-18(13)26-19(23)12-22-17(20(24)25)10-14-11-21-16-8-4-3-7-15(14)16/h3-4,7-8,11,13,17-18,21-22H,2,5-6,9-10,12H2,1H3,(H,24,25)/t13?,17-,18?/m1/s1. The van der Waals surface area contributed by atoms with E-state index in [1.165, 1.54) is 6.42 Å². The van der Waals surface area contributed by atoms with Crippen LogP contribution in [-0.4, -0.2) is 40.7 Å². The molecule has 0 spiro atoms. The van der Waals surface area contributed by atoms with Gasteiger partial charge < -0.3 is 14.8 Å². The Morgan fingerprint density at radius 2 is 2.08 bits per heavy atom. The zero-order valence-electron chi connectivity index (χ0n) is 15.0. The minimum Gasteiger partial charge on any atom is -0.480 e. The molecule has 3 N–H and O–H groups in total. The lowest BCUT2D eigenvalue weighted by Crippen LogP contribution is -2.42. The number of carboxylic acid groups (broad SMARTS) is 1. The molecule has 0 amide bonds. The van der Waals surface area contributed by atoms with E-state index in [4.69, 9.17) is 4.74 Å². The third kappa shape index (κ3) is 4.43. The summed E-state index contributed by atoms with van der Waals surface area (Å²) in [7, 11) is 0. The zero-order chi connectivity index (χ0) is 18.5. The smallest absolute Gasteiger partial charge is 0.321 e. The number of para-hydroxylation sites is 1. The van der Waals surface area contributed by atoms with Crippen LogP contribution in [0.25, 0.3) is 10.9 Å². The van der Waals surface area contributed by atoms with Gasteiger partial charge in [0.05, 0.1) is 6.54 Å². The fraction of sp³-hybridized carbons (Fsp3) is 0.500. The first-order valence-electron chi connectivity index (χ1n) is 9.25. The van der Waals surface area contributed by atoms with Gasteiger partial charge in [-0.15, -0.1) is 0 Å². The van der Waals surface area contributed by atoms with Crippen molar-refractivity contribution in [2.45, 2.75) is 51.2 Å². The molecule has 1 saturated carbocycles. The Labute approximate surface area is 152 Å². The lowest BCUT2D eigenvalue weighted by atomic mass is 9.88. The Hall–Kier alpha value is -2.34. The number of H-pyrrole nitrogens is 1. The van der Waals surface area contributed by atoms with Crippen molar-refractivity contribution in [2.75, 3.05) is 6.54 Å². The van der Waals surface area contributed by atoms with E-state index in [2.05, 4.69) is 17.2 Å². The molecule has 2 unspecified atom stereocenters. The molecule has 1 aliphatic rings. The summed E-state index contributed by atoms with van der Waals surface area (Å²) in [6.07, 6.45) is 6.30. The third-order valence-electron chi connectivity index (χ3n) is 5.21. The fourth-order valence-electron chi connectivity index (χ4n) is 3.64. The third-order valence-corrected chi connectivity index (χ3v) is 5.21. The van der Waals surface area contributed by atoms with Gasteiger partial charge in [-0.1, -0.05) is 31.5 Å². The molecule has 26 heavy (non-hydrogen) atoms. The summed E-state index contributed by atoms with van der Waals surface area (Å²) >= 11 is 0. The Bertz CT molecular complexity index is 770. The molecule has 6 heteroatoms. The number of esters is 1. The Morgan fingerprint density at radius 1 is 1.31 bits per heavy atom. The van der Waals surface area contributed by atoms with Gasteiger partial charge in [0.2, 0.25) is 0 Å². The number of carbonyl (C=O) groups is 2. The lowest BCUT2D eigenvalue weighted by Gasteiger charge is -2.28. The largest absolute Gasteiger partial charge is 0.480 e. The van der Waals surface area contributed by atoms with Crippen molar-refractivity contribution in [1.29, 1.82) is 0 Å². The van der Waals surface area contributed by atoms with E-state index in [-0.39, 0.29) is 18.6 Å². The molecule has 1 aliphatic carbocycles. The van der Waals surface area contributed by atoms with Crippen molar-refractivity contribution in [3.63, 3.8) is 0 Å². The van der Waals surface area contributed by atoms with Gasteiger partial charge in [0.25, 0.3) is 0 Å². The fourth-order valence-corrected chi connectivity index (χ4v) is 3.64. The lowest BCUT2D eigenvalue weighted by molar-refractivity contribution is -0.152. The van der Waals surface area contributed by atoms with Crippen LogP contribution in [0.15, 0.2) is 30.5 Å². The predicted molar refractivity (Wildman–Crippen MR) is 98.9 cm³/mol. The summed E-state index contributed by atoms with van der Waals surface area (Å²) in [5, 5.41) is 13.3. The Kier molecular flexibility index (Phi) is 5.93. The van der Waals surface area contributed by atoms with Crippen LogP contribution in [0.2, 0.25) is 0 Å². The number of carbonyl (C=O) groups excluding carboxylic acids is 1. The number of ether oxygens (including phenoxy) is 1.